The number of unbranched alkanes of at least 4 members (excludes halogenated alkanes) is 1. The van der Waals surface area contributed by atoms with E-state index in [1.54, 1.807) is 13.1 Å². The fraction of sp³-hybridized carbons (Fsp3) is 0.588. The molecule has 0 spiro atoms. The topological polar surface area (TPSA) is 174 Å². The molecule has 2 fully saturated rings. The number of amides is 3. The molecular weight excluding hydrogens is 656 g/mol. The van der Waals surface area contributed by atoms with Crippen molar-refractivity contribution >= 4 is 22.1 Å². The summed E-state index contributed by atoms with van der Waals surface area (Å²) in [6, 6.07) is 12.6. The number of carbonyl (C=O) groups excluding carboxylic acids is 2. The number of aliphatic hydroxyl groups is 1. The Kier molecular flexibility index (Phi) is 12.3. The van der Waals surface area contributed by atoms with Crippen LogP contribution in [0.15, 0.2) is 53.4 Å². The highest BCUT2D eigenvalue weighted by Gasteiger charge is 2.44. The molecule has 4 N–H and O–H groups in total. The predicted octanol–water partition coefficient (Wildman–Crippen LogP) is 2.99. The van der Waals surface area contributed by atoms with Crippen LogP contribution in [-0.2, 0) is 30.7 Å². The van der Waals surface area contributed by atoms with E-state index in [4.69, 9.17) is 23.7 Å². The van der Waals surface area contributed by atoms with Crippen molar-refractivity contribution in [3.8, 4) is 11.5 Å². The van der Waals surface area contributed by atoms with Crippen LogP contribution in [0, 0.1) is 11.3 Å². The second-order valence-electron chi connectivity index (χ2n) is 13.4. The number of rotatable bonds is 16. The number of aliphatic hydroxyl groups excluding tert-OH is 1. The first kappa shape index (κ1) is 36.6. The van der Waals surface area contributed by atoms with E-state index >= 15 is 0 Å². The maximum atomic E-state index is 14.3. The zero-order valence-corrected chi connectivity index (χ0v) is 29.1. The van der Waals surface area contributed by atoms with Crippen molar-refractivity contribution in [3.05, 3.63) is 54.1 Å². The molecule has 0 aliphatic carbocycles. The van der Waals surface area contributed by atoms with E-state index in [-0.39, 0.29) is 49.8 Å². The summed E-state index contributed by atoms with van der Waals surface area (Å²) in [6.45, 7) is 4.93. The number of carbonyl (C=O) groups is 2. The summed E-state index contributed by atoms with van der Waals surface area (Å²) in [7, 11) is -2.62. The van der Waals surface area contributed by atoms with Gasteiger partial charge in [0.25, 0.3) is 0 Å². The van der Waals surface area contributed by atoms with Gasteiger partial charge in [-0.2, -0.15) is 4.31 Å². The molecule has 3 aliphatic rings. The lowest BCUT2D eigenvalue weighted by Crippen LogP contribution is -2.52. The smallest absolute Gasteiger partial charge is 0.407 e. The molecule has 49 heavy (non-hydrogen) atoms. The number of sulfonamides is 1. The lowest BCUT2D eigenvalue weighted by molar-refractivity contribution is -0.0907. The van der Waals surface area contributed by atoms with E-state index in [2.05, 4.69) is 16.0 Å². The summed E-state index contributed by atoms with van der Waals surface area (Å²) in [4.78, 5) is 24.8. The van der Waals surface area contributed by atoms with Crippen molar-refractivity contribution in [2.75, 3.05) is 46.7 Å². The molecule has 2 aromatic carbocycles. The van der Waals surface area contributed by atoms with E-state index < -0.39 is 46.1 Å². The molecule has 3 aliphatic heterocycles. The molecule has 2 saturated heterocycles. The monoisotopic (exact) mass is 704 g/mol. The minimum Gasteiger partial charge on any atom is -0.454 e. The van der Waals surface area contributed by atoms with Crippen LogP contribution in [0.4, 0.5) is 9.59 Å². The van der Waals surface area contributed by atoms with Gasteiger partial charge in [0.05, 0.1) is 36.2 Å². The molecule has 0 unspecified atom stereocenters. The van der Waals surface area contributed by atoms with Crippen LogP contribution >= 0.6 is 0 Å². The quantitative estimate of drug-likeness (QED) is 0.190. The van der Waals surface area contributed by atoms with E-state index in [0.29, 0.717) is 43.9 Å². The van der Waals surface area contributed by atoms with Gasteiger partial charge in [-0.1, -0.05) is 50.6 Å². The van der Waals surface area contributed by atoms with Gasteiger partial charge in [-0.3, -0.25) is 0 Å². The number of hydrogen-bond acceptors (Lipinski definition) is 10. The summed E-state index contributed by atoms with van der Waals surface area (Å²) < 4.78 is 57.6. The summed E-state index contributed by atoms with van der Waals surface area (Å²) in [5.74, 6) is 0.707. The highest BCUT2D eigenvalue weighted by atomic mass is 32.2. The molecule has 3 amide bonds. The summed E-state index contributed by atoms with van der Waals surface area (Å²) in [5, 5.41) is 19.9. The molecule has 270 valence electrons. The molecule has 5 rings (SSSR count). The number of ether oxygens (including phenoxy) is 5. The van der Waals surface area contributed by atoms with E-state index in [1.165, 1.54) is 16.4 Å². The van der Waals surface area contributed by atoms with Crippen LogP contribution in [0.2, 0.25) is 0 Å². The summed E-state index contributed by atoms with van der Waals surface area (Å²) >= 11 is 0. The highest BCUT2D eigenvalue weighted by molar-refractivity contribution is 7.89. The minimum atomic E-state index is -4.17. The van der Waals surface area contributed by atoms with Gasteiger partial charge in [-0.15, -0.1) is 0 Å². The molecule has 14 nitrogen and oxygen atoms in total. The Morgan fingerprint density at radius 1 is 1.08 bits per heavy atom. The van der Waals surface area contributed by atoms with Crippen LogP contribution in [0.25, 0.3) is 0 Å². The molecule has 5 atom stereocenters. The van der Waals surface area contributed by atoms with Crippen molar-refractivity contribution < 1.29 is 46.8 Å². The van der Waals surface area contributed by atoms with Gasteiger partial charge in [-0.05, 0) is 48.8 Å². The normalized spacial score (nSPS) is 21.2. The third-order valence-electron chi connectivity index (χ3n) is 9.08. The van der Waals surface area contributed by atoms with Gasteiger partial charge >= 0.3 is 12.1 Å². The standard InChI is InChI=1S/C34H48N4O10S/c1-34(2,14-7-8-15-36-32(40)35-3)21-38(49(42,43)24-11-12-28-29(18-24)47-22-46-28)19-27(39)26(17-23-9-5-4-6-10-23)37-33(41)48-30-20-45-31-25(30)13-16-44-31/h4-6,9-12,18,25-27,30-31,39H,7-8,13-17,19-22H2,1-3H3,(H,37,41)(H2,35,36,40)/t25-,26-,27+,30-,31+/m0/s1. The van der Waals surface area contributed by atoms with Crippen LogP contribution in [0.5, 0.6) is 11.5 Å². The van der Waals surface area contributed by atoms with E-state index in [0.717, 1.165) is 12.0 Å². The fourth-order valence-corrected chi connectivity index (χ4v) is 8.03. The minimum absolute atomic E-state index is 0.00363. The number of urea groups is 1. The maximum Gasteiger partial charge on any atom is 0.407 e. The van der Waals surface area contributed by atoms with Gasteiger partial charge in [0.2, 0.25) is 16.8 Å². The van der Waals surface area contributed by atoms with Gasteiger partial charge < -0.3 is 44.7 Å². The van der Waals surface area contributed by atoms with Crippen molar-refractivity contribution in [1.29, 1.82) is 0 Å². The average molecular weight is 705 g/mol. The fourth-order valence-electron chi connectivity index (χ4n) is 6.37. The van der Waals surface area contributed by atoms with Crippen LogP contribution in [-0.4, -0.2) is 101 Å². The number of alkyl carbamates (subject to hydrolysis) is 1. The van der Waals surface area contributed by atoms with Crippen LogP contribution < -0.4 is 25.4 Å². The Hall–Kier alpha value is -3.63. The first-order valence-corrected chi connectivity index (χ1v) is 18.2. The first-order chi connectivity index (χ1) is 23.4. The molecule has 2 aromatic rings. The average Bonchev–Trinajstić information content (AvgIpc) is 3.83. The first-order valence-electron chi connectivity index (χ1n) is 16.7. The number of hydrogen-bond donors (Lipinski definition) is 4. The Balaban J connectivity index is 1.34. The van der Waals surface area contributed by atoms with Crippen LogP contribution in [0.3, 0.4) is 0 Å². The third kappa shape index (κ3) is 9.75. The van der Waals surface area contributed by atoms with Gasteiger partial charge in [0.15, 0.2) is 17.8 Å². The second kappa shape index (κ2) is 16.4. The predicted molar refractivity (Wildman–Crippen MR) is 179 cm³/mol. The summed E-state index contributed by atoms with van der Waals surface area (Å²) in [6.07, 6.45) is 0.117. The number of nitrogens with one attached hydrogen (secondary N) is 3. The zero-order valence-electron chi connectivity index (χ0n) is 28.3. The molecule has 0 bridgehead atoms. The maximum absolute atomic E-state index is 14.3. The second-order valence-corrected chi connectivity index (χ2v) is 15.4. The Bertz CT molecular complexity index is 1530. The van der Waals surface area contributed by atoms with Gasteiger partial charge in [-0.25, -0.2) is 18.0 Å². The molecule has 0 saturated carbocycles. The van der Waals surface area contributed by atoms with Crippen molar-refractivity contribution in [3.63, 3.8) is 0 Å². The summed E-state index contributed by atoms with van der Waals surface area (Å²) in [5.41, 5.74) is 0.330. The molecule has 15 heteroatoms. The van der Waals surface area contributed by atoms with Crippen LogP contribution in [0.1, 0.15) is 45.1 Å². The number of benzene rings is 2. The van der Waals surface area contributed by atoms with Gasteiger partial charge in [0.1, 0.15) is 6.10 Å². The molecule has 0 aromatic heterocycles. The van der Waals surface area contributed by atoms with E-state index in [9.17, 15) is 23.1 Å². The molecule has 3 heterocycles. The Labute approximate surface area is 287 Å². The van der Waals surface area contributed by atoms with Crippen molar-refractivity contribution in [1.82, 2.24) is 20.3 Å². The molecular formula is C34H48N4O10S. The molecule has 0 radical (unpaired) electrons. The SMILES string of the molecule is CNC(=O)NCCCCC(C)(C)CN(C[C@@H](O)[C@H](Cc1ccccc1)NC(=O)O[C@H]1CO[C@H]2OCC[C@H]21)S(=O)(=O)c1ccc2c(c1)OCO2. The highest BCUT2D eigenvalue weighted by Crippen LogP contribution is 2.36. The number of nitrogens with zero attached hydrogens (tertiary/aromatic N) is 1. The van der Waals surface area contributed by atoms with Crippen molar-refractivity contribution in [2.45, 2.75) is 75.4 Å². The van der Waals surface area contributed by atoms with Gasteiger partial charge in [0, 0.05) is 32.7 Å². The lowest BCUT2D eigenvalue weighted by Gasteiger charge is -2.35. The van der Waals surface area contributed by atoms with Crippen molar-refractivity contribution in [2.24, 2.45) is 11.3 Å². The number of fused-ring (bicyclic) bond motifs is 2. The zero-order chi connectivity index (χ0) is 35.0. The Morgan fingerprint density at radius 2 is 1.86 bits per heavy atom. The van der Waals surface area contributed by atoms with E-state index in [1.807, 2.05) is 44.2 Å². The largest absolute Gasteiger partial charge is 0.454 e. The third-order valence-corrected chi connectivity index (χ3v) is 10.9. The lowest BCUT2D eigenvalue weighted by atomic mass is 9.87. The Morgan fingerprint density at radius 3 is 2.63 bits per heavy atom.